The number of aromatic nitrogens is 3. The molecular weight excluding hydrogens is 445 g/mol. The molecule has 0 aliphatic heterocycles. The number of nitrogens with zero attached hydrogens (tertiary/aromatic N) is 2. The number of aromatic amines is 1. The quantitative estimate of drug-likeness (QED) is 0.257. The SMILES string of the molecule is COc1cc(C(=C(c2ccccc2)C2CCC2)c2ccc3n[nH]c(F)c3c2)cnc1C=CC(=O)O. The van der Waals surface area contributed by atoms with Crippen LogP contribution in [0.5, 0.6) is 5.75 Å². The fraction of sp³-hybridized carbons (Fsp3) is 0.179. The van der Waals surface area contributed by atoms with Gasteiger partial charge in [-0.1, -0.05) is 42.8 Å². The Kier molecular flexibility index (Phi) is 6.14. The summed E-state index contributed by atoms with van der Waals surface area (Å²) in [6, 6.07) is 17.7. The summed E-state index contributed by atoms with van der Waals surface area (Å²) in [4.78, 5) is 15.5. The van der Waals surface area contributed by atoms with Crippen molar-refractivity contribution in [1.29, 1.82) is 0 Å². The molecule has 0 bridgehead atoms. The highest BCUT2D eigenvalue weighted by Gasteiger charge is 2.28. The third-order valence-corrected chi connectivity index (χ3v) is 6.44. The normalized spacial score (nSPS) is 14.7. The fourth-order valence-corrected chi connectivity index (χ4v) is 4.54. The first-order valence-electron chi connectivity index (χ1n) is 11.4. The average Bonchev–Trinajstić information content (AvgIpc) is 3.22. The van der Waals surface area contributed by atoms with Crippen LogP contribution in [0.25, 0.3) is 28.1 Å². The molecule has 2 aromatic carbocycles. The zero-order valence-corrected chi connectivity index (χ0v) is 19.2. The predicted molar refractivity (Wildman–Crippen MR) is 133 cm³/mol. The summed E-state index contributed by atoms with van der Waals surface area (Å²) < 4.78 is 20.0. The molecule has 0 radical (unpaired) electrons. The van der Waals surface area contributed by atoms with Crippen LogP contribution >= 0.6 is 0 Å². The molecule has 1 saturated carbocycles. The molecular formula is C28H24FN3O3. The number of rotatable bonds is 7. The second-order valence-corrected chi connectivity index (χ2v) is 8.54. The number of aliphatic carboxylic acids is 1. The Morgan fingerprint density at radius 3 is 2.60 bits per heavy atom. The summed E-state index contributed by atoms with van der Waals surface area (Å²) >= 11 is 0. The van der Waals surface area contributed by atoms with Gasteiger partial charge in [0.2, 0.25) is 5.95 Å². The van der Waals surface area contributed by atoms with E-state index >= 15 is 0 Å². The summed E-state index contributed by atoms with van der Waals surface area (Å²) in [7, 11) is 1.53. The van der Waals surface area contributed by atoms with Gasteiger partial charge in [0.15, 0.2) is 0 Å². The van der Waals surface area contributed by atoms with Crippen LogP contribution < -0.4 is 4.74 Å². The summed E-state index contributed by atoms with van der Waals surface area (Å²) in [5.41, 5.74) is 5.86. The number of H-pyrrole nitrogens is 1. The van der Waals surface area contributed by atoms with Gasteiger partial charge in [-0.05, 0) is 65.3 Å². The van der Waals surface area contributed by atoms with Gasteiger partial charge in [-0.15, -0.1) is 0 Å². The zero-order valence-electron chi connectivity index (χ0n) is 19.2. The molecule has 0 atom stereocenters. The van der Waals surface area contributed by atoms with Crippen molar-refractivity contribution in [2.24, 2.45) is 5.92 Å². The number of ether oxygens (including phenoxy) is 1. The summed E-state index contributed by atoms with van der Waals surface area (Å²) in [5, 5.41) is 15.9. The van der Waals surface area contributed by atoms with Crippen LogP contribution in [0.1, 0.15) is 41.6 Å². The van der Waals surface area contributed by atoms with E-state index in [0.29, 0.717) is 28.3 Å². The molecule has 176 valence electrons. The number of carboxylic acids is 1. The second kappa shape index (κ2) is 9.54. The van der Waals surface area contributed by atoms with Crippen LogP contribution in [0.2, 0.25) is 0 Å². The van der Waals surface area contributed by atoms with Gasteiger partial charge in [0.1, 0.15) is 11.4 Å². The van der Waals surface area contributed by atoms with Crippen molar-refractivity contribution in [3.8, 4) is 5.75 Å². The van der Waals surface area contributed by atoms with Crippen molar-refractivity contribution < 1.29 is 19.0 Å². The Labute approximate surface area is 201 Å². The van der Waals surface area contributed by atoms with Gasteiger partial charge in [0.05, 0.1) is 18.0 Å². The average molecular weight is 470 g/mol. The summed E-state index contributed by atoms with van der Waals surface area (Å²) in [6.07, 6.45) is 7.45. The highest BCUT2D eigenvalue weighted by Crippen LogP contribution is 2.45. The number of allylic oxidation sites excluding steroid dienone is 1. The van der Waals surface area contributed by atoms with Gasteiger partial charge in [0, 0.05) is 17.8 Å². The molecule has 2 heterocycles. The van der Waals surface area contributed by atoms with E-state index < -0.39 is 11.9 Å². The first-order chi connectivity index (χ1) is 17.0. The van der Waals surface area contributed by atoms with E-state index in [2.05, 4.69) is 27.3 Å². The Hall–Kier alpha value is -4.26. The summed E-state index contributed by atoms with van der Waals surface area (Å²) in [5.74, 6) is -0.731. The Morgan fingerprint density at radius 1 is 1.11 bits per heavy atom. The van der Waals surface area contributed by atoms with E-state index in [9.17, 15) is 9.18 Å². The number of halogens is 1. The van der Waals surface area contributed by atoms with Crippen molar-refractivity contribution in [1.82, 2.24) is 15.2 Å². The molecule has 0 amide bonds. The number of hydrogen-bond donors (Lipinski definition) is 2. The molecule has 6 nitrogen and oxygen atoms in total. The van der Waals surface area contributed by atoms with Gasteiger partial charge < -0.3 is 9.84 Å². The molecule has 1 aliphatic rings. The van der Waals surface area contributed by atoms with Gasteiger partial charge >= 0.3 is 5.97 Å². The van der Waals surface area contributed by atoms with E-state index in [1.165, 1.54) is 18.8 Å². The highest BCUT2D eigenvalue weighted by molar-refractivity contribution is 6.01. The molecule has 7 heteroatoms. The van der Waals surface area contributed by atoms with Crippen LogP contribution in [0.4, 0.5) is 4.39 Å². The molecule has 0 spiro atoms. The molecule has 0 saturated heterocycles. The Balaban J connectivity index is 1.78. The largest absolute Gasteiger partial charge is 0.494 e. The summed E-state index contributed by atoms with van der Waals surface area (Å²) in [6.45, 7) is 0. The fourth-order valence-electron chi connectivity index (χ4n) is 4.54. The lowest BCUT2D eigenvalue weighted by Crippen LogP contribution is -2.15. The lowest BCUT2D eigenvalue weighted by atomic mass is 9.73. The number of hydrogen-bond acceptors (Lipinski definition) is 4. The van der Waals surface area contributed by atoms with E-state index in [1.807, 2.05) is 42.5 Å². The lowest BCUT2D eigenvalue weighted by Gasteiger charge is -2.31. The molecule has 4 aromatic rings. The van der Waals surface area contributed by atoms with E-state index in [0.717, 1.165) is 47.6 Å². The van der Waals surface area contributed by atoms with Crippen molar-refractivity contribution >= 4 is 34.1 Å². The first-order valence-corrected chi connectivity index (χ1v) is 11.4. The Bertz CT molecular complexity index is 1450. The van der Waals surface area contributed by atoms with Crippen LogP contribution in [0.15, 0.2) is 66.9 Å². The van der Waals surface area contributed by atoms with Crippen molar-refractivity contribution in [2.45, 2.75) is 19.3 Å². The molecule has 2 N–H and O–H groups in total. The second-order valence-electron chi connectivity index (χ2n) is 8.54. The smallest absolute Gasteiger partial charge is 0.328 e. The number of methoxy groups -OCH3 is 1. The minimum atomic E-state index is -1.06. The van der Waals surface area contributed by atoms with Gasteiger partial charge in [-0.3, -0.25) is 10.1 Å². The number of nitrogens with one attached hydrogen (secondary N) is 1. The van der Waals surface area contributed by atoms with Crippen LogP contribution in [0, 0.1) is 11.9 Å². The van der Waals surface area contributed by atoms with Gasteiger partial charge in [-0.2, -0.15) is 9.49 Å². The number of carboxylic acid groups (broad SMARTS) is 1. The van der Waals surface area contributed by atoms with Crippen LogP contribution in [-0.2, 0) is 4.79 Å². The minimum Gasteiger partial charge on any atom is -0.494 e. The topological polar surface area (TPSA) is 88.1 Å². The van der Waals surface area contributed by atoms with Gasteiger partial charge in [0.25, 0.3) is 0 Å². The minimum absolute atomic E-state index is 0.356. The lowest BCUT2D eigenvalue weighted by molar-refractivity contribution is -0.131. The van der Waals surface area contributed by atoms with E-state index in [1.54, 1.807) is 6.20 Å². The third-order valence-electron chi connectivity index (χ3n) is 6.44. The maximum Gasteiger partial charge on any atom is 0.328 e. The molecule has 1 aliphatic carbocycles. The number of pyridine rings is 1. The molecule has 0 unspecified atom stereocenters. The monoisotopic (exact) mass is 469 g/mol. The molecule has 1 fully saturated rings. The van der Waals surface area contributed by atoms with E-state index in [4.69, 9.17) is 9.84 Å². The van der Waals surface area contributed by atoms with Crippen molar-refractivity contribution in [2.75, 3.05) is 7.11 Å². The van der Waals surface area contributed by atoms with Crippen molar-refractivity contribution in [3.05, 3.63) is 95.2 Å². The standard InChI is InChI=1S/C28H24FN3O3/c1-35-24-15-20(16-30-23(24)12-13-25(33)34)27(19-10-11-22-21(14-19)28(29)32-31-22)26(18-8-5-9-18)17-6-3-2-4-7-17/h2-4,6-7,10-16,18H,5,8-9H2,1H3,(H,31,32)(H,33,34). The van der Waals surface area contributed by atoms with Crippen molar-refractivity contribution in [3.63, 3.8) is 0 Å². The first kappa shape index (κ1) is 22.5. The Morgan fingerprint density at radius 2 is 1.91 bits per heavy atom. The molecule has 2 aromatic heterocycles. The van der Waals surface area contributed by atoms with Gasteiger partial charge in [-0.25, -0.2) is 4.79 Å². The predicted octanol–water partition coefficient (Wildman–Crippen LogP) is 5.96. The highest BCUT2D eigenvalue weighted by atomic mass is 19.1. The maximum absolute atomic E-state index is 14.5. The van der Waals surface area contributed by atoms with E-state index in [-0.39, 0.29) is 0 Å². The molecule has 35 heavy (non-hydrogen) atoms. The van der Waals surface area contributed by atoms with Crippen LogP contribution in [0.3, 0.4) is 0 Å². The third kappa shape index (κ3) is 4.45. The molecule has 5 rings (SSSR count). The number of carbonyl (C=O) groups is 1. The van der Waals surface area contributed by atoms with Crippen LogP contribution in [-0.4, -0.2) is 33.4 Å². The number of fused-ring (bicyclic) bond motifs is 1. The number of benzene rings is 2. The zero-order chi connectivity index (χ0) is 24.4. The maximum atomic E-state index is 14.5.